The quantitative estimate of drug-likeness (QED) is 0.776. The van der Waals surface area contributed by atoms with Gasteiger partial charge in [-0.15, -0.1) is 0 Å². The number of rotatable bonds is 6. The van der Waals surface area contributed by atoms with Crippen molar-refractivity contribution in [1.29, 1.82) is 0 Å². The zero-order valence-corrected chi connectivity index (χ0v) is 12.1. The first kappa shape index (κ1) is 14.9. The first-order valence-corrected chi connectivity index (χ1v) is 7.91. The summed E-state index contributed by atoms with van der Waals surface area (Å²) in [6, 6.07) is 0. The van der Waals surface area contributed by atoms with E-state index in [0.717, 1.165) is 31.6 Å². The maximum Gasteiger partial charge on any atom is 0.307 e. The van der Waals surface area contributed by atoms with Crippen molar-refractivity contribution in [2.45, 2.75) is 69.8 Å². The van der Waals surface area contributed by atoms with Gasteiger partial charge in [0, 0.05) is 10.5 Å². The number of thioether (sulfide) groups is 1. The Balaban J connectivity index is 2.59. The molecule has 0 aliphatic heterocycles. The van der Waals surface area contributed by atoms with E-state index < -0.39 is 5.97 Å². The van der Waals surface area contributed by atoms with Gasteiger partial charge in [0.15, 0.2) is 0 Å². The lowest BCUT2D eigenvalue weighted by molar-refractivity contribution is -0.142. The molecule has 1 aliphatic carbocycles. The maximum absolute atomic E-state index is 11.3. The Morgan fingerprint density at radius 1 is 1.41 bits per heavy atom. The van der Waals surface area contributed by atoms with E-state index in [9.17, 15) is 9.90 Å². The predicted molar refractivity (Wildman–Crippen MR) is 74.5 cm³/mol. The van der Waals surface area contributed by atoms with Crippen LogP contribution in [0.4, 0.5) is 0 Å². The van der Waals surface area contributed by atoms with Gasteiger partial charge in [0.1, 0.15) is 0 Å². The number of carboxylic acid groups (broad SMARTS) is 1. The van der Waals surface area contributed by atoms with Gasteiger partial charge in [0.25, 0.3) is 0 Å². The minimum Gasteiger partial charge on any atom is -0.481 e. The van der Waals surface area contributed by atoms with Gasteiger partial charge in [0.05, 0.1) is 5.92 Å². The van der Waals surface area contributed by atoms with Crippen molar-refractivity contribution in [3.05, 3.63) is 0 Å². The molecule has 0 aromatic carbocycles. The molecule has 1 rings (SSSR count). The van der Waals surface area contributed by atoms with Gasteiger partial charge >= 0.3 is 5.97 Å². The fraction of sp³-hybridized carbons (Fsp3) is 0.929. The SMILES string of the molecule is CCCC1CCC(C(=O)O)C(SC(C)CC)C1. The molecular formula is C14H26O2S. The second-order valence-corrected chi connectivity index (χ2v) is 6.99. The van der Waals surface area contributed by atoms with Crippen molar-refractivity contribution in [3.63, 3.8) is 0 Å². The molecule has 17 heavy (non-hydrogen) atoms. The Hall–Kier alpha value is -0.180. The summed E-state index contributed by atoms with van der Waals surface area (Å²) in [4.78, 5) is 11.3. The van der Waals surface area contributed by atoms with E-state index in [1.807, 2.05) is 11.8 Å². The maximum atomic E-state index is 11.3. The van der Waals surface area contributed by atoms with Gasteiger partial charge in [0.2, 0.25) is 0 Å². The molecule has 1 saturated carbocycles. The van der Waals surface area contributed by atoms with Crippen LogP contribution >= 0.6 is 11.8 Å². The normalized spacial score (nSPS) is 31.1. The molecule has 1 aliphatic rings. The topological polar surface area (TPSA) is 37.3 Å². The van der Waals surface area contributed by atoms with E-state index >= 15 is 0 Å². The standard InChI is InChI=1S/C14H26O2S/c1-4-6-11-7-8-12(14(15)16)13(9-11)17-10(3)5-2/h10-13H,4-9H2,1-3H3,(H,15,16). The lowest BCUT2D eigenvalue weighted by Crippen LogP contribution is -2.33. The molecule has 0 bridgehead atoms. The van der Waals surface area contributed by atoms with Crippen LogP contribution in [0.15, 0.2) is 0 Å². The third kappa shape index (κ3) is 4.53. The highest BCUT2D eigenvalue weighted by molar-refractivity contribution is 8.00. The minimum absolute atomic E-state index is 0.109. The molecule has 4 atom stereocenters. The Kier molecular flexibility index (Phi) is 6.39. The van der Waals surface area contributed by atoms with Gasteiger partial charge in [-0.2, -0.15) is 11.8 Å². The zero-order valence-electron chi connectivity index (χ0n) is 11.3. The summed E-state index contributed by atoms with van der Waals surface area (Å²) < 4.78 is 0. The van der Waals surface area contributed by atoms with Crippen LogP contribution in [-0.4, -0.2) is 21.6 Å². The number of carboxylic acids is 1. The monoisotopic (exact) mass is 258 g/mol. The average Bonchev–Trinajstić information content (AvgIpc) is 2.29. The van der Waals surface area contributed by atoms with Crippen molar-refractivity contribution >= 4 is 17.7 Å². The van der Waals surface area contributed by atoms with Crippen LogP contribution < -0.4 is 0 Å². The summed E-state index contributed by atoms with van der Waals surface area (Å²) in [5.41, 5.74) is 0. The van der Waals surface area contributed by atoms with Gasteiger partial charge in [-0.25, -0.2) is 0 Å². The van der Waals surface area contributed by atoms with E-state index in [0.29, 0.717) is 10.5 Å². The fourth-order valence-corrected chi connectivity index (χ4v) is 4.32. The van der Waals surface area contributed by atoms with E-state index in [2.05, 4.69) is 20.8 Å². The van der Waals surface area contributed by atoms with Gasteiger partial charge in [-0.1, -0.05) is 33.6 Å². The molecule has 100 valence electrons. The molecule has 2 nitrogen and oxygen atoms in total. The predicted octanol–water partition coefficient (Wildman–Crippen LogP) is 4.19. The van der Waals surface area contributed by atoms with Crippen LogP contribution in [0.3, 0.4) is 0 Å². The highest BCUT2D eigenvalue weighted by Gasteiger charge is 2.35. The average molecular weight is 258 g/mol. The molecular weight excluding hydrogens is 232 g/mol. The molecule has 0 aromatic rings. The number of carbonyl (C=O) groups is 1. The molecule has 0 saturated heterocycles. The zero-order chi connectivity index (χ0) is 12.8. The summed E-state index contributed by atoms with van der Waals surface area (Å²) in [6.07, 6.45) is 6.73. The largest absolute Gasteiger partial charge is 0.481 e. The lowest BCUT2D eigenvalue weighted by Gasteiger charge is -2.34. The van der Waals surface area contributed by atoms with Crippen LogP contribution in [0.25, 0.3) is 0 Å². The smallest absolute Gasteiger partial charge is 0.307 e. The number of aliphatic carboxylic acids is 1. The molecule has 1 fully saturated rings. The highest BCUT2D eigenvalue weighted by atomic mass is 32.2. The van der Waals surface area contributed by atoms with Crippen molar-refractivity contribution in [1.82, 2.24) is 0 Å². The Morgan fingerprint density at radius 2 is 2.12 bits per heavy atom. The minimum atomic E-state index is -0.583. The van der Waals surface area contributed by atoms with Gasteiger partial charge in [-0.3, -0.25) is 4.79 Å². The summed E-state index contributed by atoms with van der Waals surface area (Å²) in [7, 11) is 0. The van der Waals surface area contributed by atoms with E-state index in [1.165, 1.54) is 12.8 Å². The van der Waals surface area contributed by atoms with Crippen LogP contribution in [0.5, 0.6) is 0 Å². The van der Waals surface area contributed by atoms with Crippen molar-refractivity contribution in [2.75, 3.05) is 0 Å². The third-order valence-corrected chi connectivity index (χ3v) is 5.56. The first-order chi connectivity index (χ1) is 8.08. The van der Waals surface area contributed by atoms with Crippen molar-refractivity contribution < 1.29 is 9.90 Å². The lowest BCUT2D eigenvalue weighted by atomic mass is 9.80. The molecule has 0 radical (unpaired) electrons. The molecule has 0 amide bonds. The van der Waals surface area contributed by atoms with E-state index in [1.54, 1.807) is 0 Å². The summed E-state index contributed by atoms with van der Waals surface area (Å²) in [5, 5.41) is 10.2. The van der Waals surface area contributed by atoms with Gasteiger partial charge < -0.3 is 5.11 Å². The second kappa shape index (κ2) is 7.30. The molecule has 4 unspecified atom stereocenters. The Bertz CT molecular complexity index is 242. The fourth-order valence-electron chi connectivity index (χ4n) is 2.71. The summed E-state index contributed by atoms with van der Waals surface area (Å²) >= 11 is 1.91. The van der Waals surface area contributed by atoms with Gasteiger partial charge in [-0.05, 0) is 31.6 Å². The van der Waals surface area contributed by atoms with E-state index in [4.69, 9.17) is 0 Å². The Morgan fingerprint density at radius 3 is 2.65 bits per heavy atom. The van der Waals surface area contributed by atoms with Crippen molar-refractivity contribution in [3.8, 4) is 0 Å². The molecule has 3 heteroatoms. The van der Waals surface area contributed by atoms with Crippen molar-refractivity contribution in [2.24, 2.45) is 11.8 Å². The number of hydrogen-bond donors (Lipinski definition) is 1. The summed E-state index contributed by atoms with van der Waals surface area (Å²) in [5.74, 6) is 0.0695. The Labute approximate surface area is 110 Å². The third-order valence-electron chi connectivity index (χ3n) is 3.90. The molecule has 1 N–H and O–H groups in total. The van der Waals surface area contributed by atoms with Crippen LogP contribution in [0.1, 0.15) is 59.3 Å². The molecule has 0 spiro atoms. The first-order valence-electron chi connectivity index (χ1n) is 6.96. The summed E-state index contributed by atoms with van der Waals surface area (Å²) in [6.45, 7) is 6.62. The van der Waals surface area contributed by atoms with E-state index in [-0.39, 0.29) is 5.92 Å². The van der Waals surface area contributed by atoms with Crippen LogP contribution in [0.2, 0.25) is 0 Å². The highest BCUT2D eigenvalue weighted by Crippen LogP contribution is 2.40. The second-order valence-electron chi connectivity index (χ2n) is 5.31. The van der Waals surface area contributed by atoms with Crippen LogP contribution in [0, 0.1) is 11.8 Å². The molecule has 0 aromatic heterocycles. The number of hydrogen-bond acceptors (Lipinski definition) is 2. The molecule has 0 heterocycles. The van der Waals surface area contributed by atoms with Crippen LogP contribution in [-0.2, 0) is 4.79 Å².